The number of carbonyl (C=O) groups is 2. The molecular weight excluding hydrogens is 282 g/mol. The van der Waals surface area contributed by atoms with Crippen LogP contribution in [0.5, 0.6) is 0 Å². The summed E-state index contributed by atoms with van der Waals surface area (Å²) in [6.45, 7) is 1.44. The lowest BCUT2D eigenvalue weighted by molar-refractivity contribution is -0.138. The molecule has 2 aromatic rings. The van der Waals surface area contributed by atoms with Gasteiger partial charge in [-0.15, -0.1) is 0 Å². The molecule has 22 heavy (non-hydrogen) atoms. The number of aliphatic carboxylic acids is 1. The monoisotopic (exact) mass is 299 g/mol. The minimum absolute atomic E-state index is 0.309. The number of hydrogen-bond acceptors (Lipinski definition) is 3. The maximum atomic E-state index is 12.3. The highest BCUT2D eigenvalue weighted by molar-refractivity contribution is 5.97. The minimum atomic E-state index is -1.06. The van der Waals surface area contributed by atoms with Crippen LogP contribution in [0.3, 0.4) is 0 Å². The van der Waals surface area contributed by atoms with Gasteiger partial charge in [-0.3, -0.25) is 9.59 Å². The summed E-state index contributed by atoms with van der Waals surface area (Å²) in [5.74, 6) is -1.14. The van der Waals surface area contributed by atoms with Crippen molar-refractivity contribution in [3.63, 3.8) is 0 Å². The van der Waals surface area contributed by atoms with Crippen LogP contribution >= 0.6 is 0 Å². The van der Waals surface area contributed by atoms with E-state index < -0.39 is 12.0 Å². The Bertz CT molecular complexity index is 705. The summed E-state index contributed by atoms with van der Waals surface area (Å²) in [6.07, 6.45) is 3.56. The summed E-state index contributed by atoms with van der Waals surface area (Å²) in [7, 11) is 0. The fourth-order valence-electron chi connectivity index (χ4n) is 2.39. The van der Waals surface area contributed by atoms with Crippen molar-refractivity contribution < 1.29 is 14.7 Å². The Morgan fingerprint density at radius 3 is 2.59 bits per heavy atom. The predicted octanol–water partition coefficient (Wildman–Crippen LogP) is 1.95. The first kappa shape index (κ1) is 14.3. The molecule has 1 heterocycles. The molecule has 6 heteroatoms. The lowest BCUT2D eigenvalue weighted by atomic mass is 10.1. The second kappa shape index (κ2) is 5.63. The number of aromatic nitrogens is 2. The third kappa shape index (κ3) is 2.72. The zero-order chi connectivity index (χ0) is 15.7. The predicted molar refractivity (Wildman–Crippen MR) is 80.1 cm³/mol. The van der Waals surface area contributed by atoms with Gasteiger partial charge >= 0.3 is 5.97 Å². The van der Waals surface area contributed by atoms with Crippen molar-refractivity contribution in [1.29, 1.82) is 0 Å². The summed E-state index contributed by atoms with van der Waals surface area (Å²) in [5.41, 5.74) is 2.22. The largest absolute Gasteiger partial charge is 0.480 e. The van der Waals surface area contributed by atoms with Gasteiger partial charge in [-0.05, 0) is 31.9 Å². The topological polar surface area (TPSA) is 84.2 Å². The second-order valence-electron chi connectivity index (χ2n) is 5.50. The van der Waals surface area contributed by atoms with E-state index in [4.69, 9.17) is 5.11 Å². The number of amides is 1. The summed E-state index contributed by atoms with van der Waals surface area (Å²) >= 11 is 0. The number of para-hydroxylation sites is 1. The quantitative estimate of drug-likeness (QED) is 0.884. The van der Waals surface area contributed by atoms with Gasteiger partial charge in [0.25, 0.3) is 5.91 Å². The van der Waals surface area contributed by atoms with Crippen molar-refractivity contribution in [1.82, 2.24) is 15.1 Å². The molecule has 1 aromatic heterocycles. The van der Waals surface area contributed by atoms with Gasteiger partial charge in [0, 0.05) is 5.92 Å². The zero-order valence-electron chi connectivity index (χ0n) is 12.2. The second-order valence-corrected chi connectivity index (χ2v) is 5.50. The molecule has 1 unspecified atom stereocenters. The average molecular weight is 299 g/mol. The molecule has 1 amide bonds. The van der Waals surface area contributed by atoms with E-state index in [1.807, 2.05) is 30.3 Å². The number of carbonyl (C=O) groups excluding carboxylic acids is 1. The molecular formula is C16H17N3O3. The summed E-state index contributed by atoms with van der Waals surface area (Å²) in [4.78, 5) is 23.2. The maximum absolute atomic E-state index is 12.3. The van der Waals surface area contributed by atoms with Crippen LogP contribution in [-0.4, -0.2) is 32.8 Å². The third-order valence-corrected chi connectivity index (χ3v) is 3.73. The van der Waals surface area contributed by atoms with Gasteiger partial charge in [-0.25, -0.2) is 4.68 Å². The van der Waals surface area contributed by atoms with Gasteiger partial charge < -0.3 is 10.4 Å². The van der Waals surface area contributed by atoms with Gasteiger partial charge in [-0.2, -0.15) is 5.10 Å². The molecule has 1 aromatic carbocycles. The minimum Gasteiger partial charge on any atom is -0.480 e. The van der Waals surface area contributed by atoms with Gasteiger partial charge in [0.1, 0.15) is 6.04 Å². The Morgan fingerprint density at radius 1 is 1.32 bits per heavy atom. The van der Waals surface area contributed by atoms with Crippen LogP contribution in [0.1, 0.15) is 41.7 Å². The Morgan fingerprint density at radius 2 is 2.00 bits per heavy atom. The van der Waals surface area contributed by atoms with E-state index in [2.05, 4.69) is 10.4 Å². The molecule has 0 saturated heterocycles. The fourth-order valence-corrected chi connectivity index (χ4v) is 2.39. The van der Waals surface area contributed by atoms with Crippen LogP contribution in [0, 0.1) is 0 Å². The van der Waals surface area contributed by atoms with Crippen LogP contribution < -0.4 is 5.32 Å². The molecule has 0 aliphatic heterocycles. The first-order valence-corrected chi connectivity index (χ1v) is 7.25. The molecule has 6 nitrogen and oxygen atoms in total. The lowest BCUT2D eigenvalue weighted by Crippen LogP contribution is -2.38. The van der Waals surface area contributed by atoms with Crippen LogP contribution in [-0.2, 0) is 4.79 Å². The fraction of sp³-hybridized carbons (Fsp3) is 0.312. The van der Waals surface area contributed by atoms with Crippen LogP contribution in [0.25, 0.3) is 5.69 Å². The molecule has 0 spiro atoms. The van der Waals surface area contributed by atoms with Crippen molar-refractivity contribution >= 4 is 11.9 Å². The average Bonchev–Trinajstić information content (AvgIpc) is 3.26. The summed E-state index contributed by atoms with van der Waals surface area (Å²) < 4.78 is 1.78. The first-order chi connectivity index (χ1) is 10.6. The van der Waals surface area contributed by atoms with Crippen molar-refractivity contribution in [3.8, 4) is 5.69 Å². The summed E-state index contributed by atoms with van der Waals surface area (Å²) in [5, 5.41) is 15.7. The maximum Gasteiger partial charge on any atom is 0.325 e. The number of nitrogens with zero attached hydrogens (tertiary/aromatic N) is 2. The van der Waals surface area contributed by atoms with E-state index in [0.29, 0.717) is 11.5 Å². The van der Waals surface area contributed by atoms with Crippen molar-refractivity contribution in [2.45, 2.75) is 31.7 Å². The van der Waals surface area contributed by atoms with E-state index >= 15 is 0 Å². The van der Waals surface area contributed by atoms with E-state index in [1.54, 1.807) is 4.68 Å². The normalized spacial score (nSPS) is 15.3. The molecule has 3 rings (SSSR count). The van der Waals surface area contributed by atoms with E-state index in [-0.39, 0.29) is 5.91 Å². The molecule has 1 saturated carbocycles. The molecule has 1 aliphatic rings. The highest BCUT2D eigenvalue weighted by atomic mass is 16.4. The highest BCUT2D eigenvalue weighted by Gasteiger charge is 2.33. The Balaban J connectivity index is 1.94. The number of rotatable bonds is 5. The Labute approximate surface area is 127 Å². The Kier molecular flexibility index (Phi) is 3.66. The number of nitrogens with one attached hydrogen (secondary N) is 1. The van der Waals surface area contributed by atoms with Gasteiger partial charge in [-0.1, -0.05) is 18.2 Å². The van der Waals surface area contributed by atoms with Crippen molar-refractivity contribution in [3.05, 3.63) is 47.8 Å². The molecule has 1 atom stereocenters. The molecule has 114 valence electrons. The molecule has 1 aliphatic carbocycles. The molecule has 0 bridgehead atoms. The number of benzene rings is 1. The smallest absolute Gasteiger partial charge is 0.325 e. The van der Waals surface area contributed by atoms with E-state index in [1.165, 1.54) is 13.1 Å². The van der Waals surface area contributed by atoms with Gasteiger partial charge in [0.05, 0.1) is 23.1 Å². The molecule has 0 radical (unpaired) electrons. The number of hydrogen-bond donors (Lipinski definition) is 2. The SMILES string of the molecule is CC(NC(=O)c1cnn(-c2ccccc2)c1C1CC1)C(=O)O. The van der Waals surface area contributed by atoms with Crippen molar-refractivity contribution in [2.24, 2.45) is 0 Å². The van der Waals surface area contributed by atoms with Gasteiger partial charge in [0.15, 0.2) is 0 Å². The van der Waals surface area contributed by atoms with E-state index in [9.17, 15) is 9.59 Å². The van der Waals surface area contributed by atoms with Crippen molar-refractivity contribution in [2.75, 3.05) is 0 Å². The number of carboxylic acids is 1. The molecule has 2 N–H and O–H groups in total. The van der Waals surface area contributed by atoms with Crippen LogP contribution in [0.4, 0.5) is 0 Å². The first-order valence-electron chi connectivity index (χ1n) is 7.25. The standard InChI is InChI=1S/C16H17N3O3/c1-10(16(21)22)18-15(20)13-9-17-19(14(13)11-7-8-11)12-5-3-2-4-6-12/h2-6,9-11H,7-8H2,1H3,(H,18,20)(H,21,22). The molecule has 1 fully saturated rings. The van der Waals surface area contributed by atoms with Crippen LogP contribution in [0.15, 0.2) is 36.5 Å². The van der Waals surface area contributed by atoms with Crippen LogP contribution in [0.2, 0.25) is 0 Å². The third-order valence-electron chi connectivity index (χ3n) is 3.73. The summed E-state index contributed by atoms with van der Waals surface area (Å²) in [6, 6.07) is 8.69. The highest BCUT2D eigenvalue weighted by Crippen LogP contribution is 2.42. The number of carboxylic acid groups (broad SMARTS) is 1. The lowest BCUT2D eigenvalue weighted by Gasteiger charge is -2.11. The van der Waals surface area contributed by atoms with Gasteiger partial charge in [0.2, 0.25) is 0 Å². The Hall–Kier alpha value is -2.63. The zero-order valence-corrected chi connectivity index (χ0v) is 12.2. The van der Waals surface area contributed by atoms with E-state index in [0.717, 1.165) is 24.2 Å².